The smallest absolute Gasteiger partial charge is 0.159 e. The molecule has 1 unspecified atom stereocenters. The predicted molar refractivity (Wildman–Crippen MR) is 49.1 cm³/mol. The lowest BCUT2D eigenvalue weighted by Crippen LogP contribution is -2.06. The molecule has 1 aromatic heterocycles. The van der Waals surface area contributed by atoms with Gasteiger partial charge in [0, 0.05) is 6.61 Å². The zero-order chi connectivity index (χ0) is 9.97. The summed E-state index contributed by atoms with van der Waals surface area (Å²) >= 11 is 0. The number of hydrogen-bond acceptors (Lipinski definition) is 5. The number of ether oxygens (including phenoxy) is 1. The maximum atomic E-state index is 8.63. The Labute approximate surface area is 81.5 Å². The SMILES string of the molecule is N#Cc1cnc(C2CCCO2)nc1N. The van der Waals surface area contributed by atoms with Crippen molar-refractivity contribution < 1.29 is 4.74 Å². The zero-order valence-corrected chi connectivity index (χ0v) is 7.60. The Morgan fingerprint density at radius 3 is 3.07 bits per heavy atom. The van der Waals surface area contributed by atoms with Gasteiger partial charge < -0.3 is 10.5 Å². The monoisotopic (exact) mass is 190 g/mol. The number of rotatable bonds is 1. The van der Waals surface area contributed by atoms with Gasteiger partial charge in [-0.05, 0) is 12.8 Å². The second kappa shape index (κ2) is 3.60. The van der Waals surface area contributed by atoms with Crippen molar-refractivity contribution in [3.05, 3.63) is 17.6 Å². The molecule has 1 fully saturated rings. The number of anilines is 1. The second-order valence-corrected chi connectivity index (χ2v) is 3.14. The third kappa shape index (κ3) is 1.52. The van der Waals surface area contributed by atoms with Crippen LogP contribution in [-0.2, 0) is 4.74 Å². The van der Waals surface area contributed by atoms with Crippen molar-refractivity contribution in [1.82, 2.24) is 9.97 Å². The normalized spacial score (nSPS) is 20.6. The fourth-order valence-corrected chi connectivity index (χ4v) is 1.43. The molecular formula is C9H10N4O. The predicted octanol–water partition coefficient (Wildman–Crippen LogP) is 0.782. The molecule has 0 aliphatic carbocycles. The molecule has 2 N–H and O–H groups in total. The topological polar surface area (TPSA) is 84.8 Å². The Balaban J connectivity index is 2.28. The van der Waals surface area contributed by atoms with E-state index in [2.05, 4.69) is 9.97 Å². The Kier molecular flexibility index (Phi) is 2.29. The van der Waals surface area contributed by atoms with Crippen LogP contribution in [0, 0.1) is 11.3 Å². The van der Waals surface area contributed by atoms with Gasteiger partial charge in [0.05, 0.1) is 6.20 Å². The molecule has 5 heteroatoms. The van der Waals surface area contributed by atoms with Crippen LogP contribution in [0.2, 0.25) is 0 Å². The quantitative estimate of drug-likeness (QED) is 0.707. The maximum Gasteiger partial charge on any atom is 0.159 e. The van der Waals surface area contributed by atoms with Crippen molar-refractivity contribution >= 4 is 5.82 Å². The molecule has 1 atom stereocenters. The lowest BCUT2D eigenvalue weighted by atomic mass is 10.2. The molecule has 0 aromatic carbocycles. The average molecular weight is 190 g/mol. The Morgan fingerprint density at radius 1 is 1.64 bits per heavy atom. The van der Waals surface area contributed by atoms with Crippen molar-refractivity contribution in [2.24, 2.45) is 0 Å². The van der Waals surface area contributed by atoms with Gasteiger partial charge in [-0.2, -0.15) is 5.26 Å². The Morgan fingerprint density at radius 2 is 2.50 bits per heavy atom. The molecule has 1 saturated heterocycles. The van der Waals surface area contributed by atoms with Gasteiger partial charge >= 0.3 is 0 Å². The summed E-state index contributed by atoms with van der Waals surface area (Å²) in [7, 11) is 0. The van der Waals surface area contributed by atoms with Gasteiger partial charge in [0.1, 0.15) is 23.6 Å². The molecule has 0 bridgehead atoms. The minimum atomic E-state index is -0.0509. The molecule has 0 amide bonds. The van der Waals surface area contributed by atoms with E-state index in [4.69, 9.17) is 15.7 Å². The summed E-state index contributed by atoms with van der Waals surface area (Å²) < 4.78 is 5.40. The largest absolute Gasteiger partial charge is 0.382 e. The molecule has 0 radical (unpaired) electrons. The van der Waals surface area contributed by atoms with Crippen molar-refractivity contribution in [3.63, 3.8) is 0 Å². The van der Waals surface area contributed by atoms with Gasteiger partial charge in [0.2, 0.25) is 0 Å². The lowest BCUT2D eigenvalue weighted by molar-refractivity contribution is 0.105. The number of nitrogens with two attached hydrogens (primary N) is 1. The van der Waals surface area contributed by atoms with Crippen molar-refractivity contribution in [2.75, 3.05) is 12.3 Å². The number of nitriles is 1. The summed E-state index contributed by atoms with van der Waals surface area (Å²) in [5.74, 6) is 0.812. The van der Waals surface area contributed by atoms with Crippen LogP contribution in [0.15, 0.2) is 6.20 Å². The molecule has 2 rings (SSSR count). The highest BCUT2D eigenvalue weighted by atomic mass is 16.5. The fourth-order valence-electron chi connectivity index (χ4n) is 1.43. The fraction of sp³-hybridized carbons (Fsp3) is 0.444. The van der Waals surface area contributed by atoms with Crippen LogP contribution in [0.25, 0.3) is 0 Å². The summed E-state index contributed by atoms with van der Waals surface area (Å²) in [6.07, 6.45) is 3.34. The van der Waals surface area contributed by atoms with Gasteiger partial charge in [0.15, 0.2) is 5.82 Å². The summed E-state index contributed by atoms with van der Waals surface area (Å²) in [5, 5.41) is 8.63. The van der Waals surface area contributed by atoms with E-state index < -0.39 is 0 Å². The molecule has 2 heterocycles. The van der Waals surface area contributed by atoms with E-state index in [-0.39, 0.29) is 11.9 Å². The van der Waals surface area contributed by atoms with Crippen molar-refractivity contribution in [2.45, 2.75) is 18.9 Å². The summed E-state index contributed by atoms with van der Waals surface area (Å²) in [5.41, 5.74) is 5.88. The minimum absolute atomic E-state index is 0.0509. The van der Waals surface area contributed by atoms with Crippen LogP contribution >= 0.6 is 0 Å². The van der Waals surface area contributed by atoms with Gasteiger partial charge in [-0.3, -0.25) is 0 Å². The Bertz CT molecular complexity index is 379. The van der Waals surface area contributed by atoms with Crippen LogP contribution in [0.4, 0.5) is 5.82 Å². The van der Waals surface area contributed by atoms with E-state index in [1.54, 1.807) is 0 Å². The van der Waals surface area contributed by atoms with E-state index in [0.717, 1.165) is 19.4 Å². The highest BCUT2D eigenvalue weighted by molar-refractivity contribution is 5.46. The first kappa shape index (κ1) is 8.91. The first-order valence-electron chi connectivity index (χ1n) is 4.45. The number of aromatic nitrogens is 2. The summed E-state index contributed by atoms with van der Waals surface area (Å²) in [4.78, 5) is 8.10. The maximum absolute atomic E-state index is 8.63. The molecule has 72 valence electrons. The highest BCUT2D eigenvalue weighted by Crippen LogP contribution is 2.26. The molecule has 0 spiro atoms. The third-order valence-corrected chi connectivity index (χ3v) is 2.17. The van der Waals surface area contributed by atoms with Crippen LogP contribution < -0.4 is 5.73 Å². The lowest BCUT2D eigenvalue weighted by Gasteiger charge is -2.07. The number of nitrogen functional groups attached to an aromatic ring is 1. The zero-order valence-electron chi connectivity index (χ0n) is 7.60. The molecule has 14 heavy (non-hydrogen) atoms. The van der Waals surface area contributed by atoms with Crippen LogP contribution in [0.5, 0.6) is 0 Å². The van der Waals surface area contributed by atoms with Crippen LogP contribution in [-0.4, -0.2) is 16.6 Å². The second-order valence-electron chi connectivity index (χ2n) is 3.14. The third-order valence-electron chi connectivity index (χ3n) is 2.17. The Hall–Kier alpha value is -1.67. The van der Waals surface area contributed by atoms with E-state index in [1.165, 1.54) is 6.20 Å². The van der Waals surface area contributed by atoms with Crippen molar-refractivity contribution in [1.29, 1.82) is 5.26 Å². The van der Waals surface area contributed by atoms with Crippen molar-refractivity contribution in [3.8, 4) is 6.07 Å². The molecule has 0 saturated carbocycles. The van der Waals surface area contributed by atoms with E-state index in [1.807, 2.05) is 6.07 Å². The number of hydrogen-bond donors (Lipinski definition) is 1. The van der Waals surface area contributed by atoms with E-state index in [0.29, 0.717) is 11.4 Å². The minimum Gasteiger partial charge on any atom is -0.382 e. The molecule has 1 aliphatic heterocycles. The van der Waals surface area contributed by atoms with Gasteiger partial charge in [0.25, 0.3) is 0 Å². The average Bonchev–Trinajstić information content (AvgIpc) is 2.70. The van der Waals surface area contributed by atoms with E-state index in [9.17, 15) is 0 Å². The highest BCUT2D eigenvalue weighted by Gasteiger charge is 2.20. The molecule has 1 aliphatic rings. The summed E-state index contributed by atoms with van der Waals surface area (Å²) in [6.45, 7) is 0.744. The van der Waals surface area contributed by atoms with Gasteiger partial charge in [-0.1, -0.05) is 0 Å². The van der Waals surface area contributed by atoms with Crippen LogP contribution in [0.3, 0.4) is 0 Å². The van der Waals surface area contributed by atoms with Gasteiger partial charge in [-0.15, -0.1) is 0 Å². The first-order valence-corrected chi connectivity index (χ1v) is 4.45. The number of nitrogens with zero attached hydrogens (tertiary/aromatic N) is 3. The standard InChI is InChI=1S/C9H10N4O/c10-4-6-5-12-9(13-8(6)11)7-2-1-3-14-7/h5,7H,1-3H2,(H2,11,12,13). The van der Waals surface area contributed by atoms with Gasteiger partial charge in [-0.25, -0.2) is 9.97 Å². The molecular weight excluding hydrogens is 180 g/mol. The molecule has 5 nitrogen and oxygen atoms in total. The van der Waals surface area contributed by atoms with E-state index >= 15 is 0 Å². The summed E-state index contributed by atoms with van der Waals surface area (Å²) in [6, 6.07) is 1.92. The molecule has 1 aromatic rings. The van der Waals surface area contributed by atoms with Crippen LogP contribution in [0.1, 0.15) is 30.3 Å². The first-order chi connectivity index (χ1) is 6.81.